The fourth-order valence-electron chi connectivity index (χ4n) is 2.07. The van der Waals surface area contributed by atoms with E-state index < -0.39 is 0 Å². The van der Waals surface area contributed by atoms with Gasteiger partial charge in [-0.05, 0) is 12.8 Å². The Kier molecular flexibility index (Phi) is 1.49. The van der Waals surface area contributed by atoms with Gasteiger partial charge in [0, 0.05) is 24.9 Å². The van der Waals surface area contributed by atoms with E-state index in [1.807, 2.05) is 0 Å². The molecule has 0 aromatic rings. The number of ketones is 1. The van der Waals surface area contributed by atoms with Gasteiger partial charge in [-0.25, -0.2) is 0 Å². The summed E-state index contributed by atoms with van der Waals surface area (Å²) >= 11 is 0. The highest BCUT2D eigenvalue weighted by atomic mass is 16.1. The van der Waals surface area contributed by atoms with Crippen LogP contribution < -0.4 is 5.32 Å². The lowest BCUT2D eigenvalue weighted by Crippen LogP contribution is -2.48. The molecule has 2 heteroatoms. The van der Waals surface area contributed by atoms with Crippen LogP contribution in [0.2, 0.25) is 0 Å². The molecule has 1 N–H and O–H groups in total. The summed E-state index contributed by atoms with van der Waals surface area (Å²) in [7, 11) is 0. The van der Waals surface area contributed by atoms with Crippen LogP contribution in [0.3, 0.4) is 0 Å². The summed E-state index contributed by atoms with van der Waals surface area (Å²) in [4.78, 5) is 11.0. The highest BCUT2D eigenvalue weighted by molar-refractivity contribution is 5.80. The second-order valence-corrected chi connectivity index (χ2v) is 3.44. The van der Waals surface area contributed by atoms with Gasteiger partial charge < -0.3 is 5.32 Å². The molecule has 2 fully saturated rings. The molecule has 2 rings (SSSR count). The lowest BCUT2D eigenvalue weighted by molar-refractivity contribution is -0.122. The van der Waals surface area contributed by atoms with Crippen molar-refractivity contribution in [1.82, 2.24) is 5.32 Å². The van der Waals surface area contributed by atoms with Crippen LogP contribution in [0.15, 0.2) is 0 Å². The summed E-state index contributed by atoms with van der Waals surface area (Å²) in [5, 5.41) is 3.46. The molecule has 0 aromatic carbocycles. The largest absolute Gasteiger partial charge is 0.310 e. The van der Waals surface area contributed by atoms with E-state index in [0.29, 0.717) is 17.9 Å². The number of hydrogen-bond donors (Lipinski definition) is 1. The van der Waals surface area contributed by atoms with Crippen LogP contribution in [0.4, 0.5) is 0 Å². The topological polar surface area (TPSA) is 29.1 Å². The van der Waals surface area contributed by atoms with Crippen molar-refractivity contribution in [3.8, 4) is 0 Å². The highest BCUT2D eigenvalue weighted by Gasteiger charge is 2.29. The third-order valence-corrected chi connectivity index (χ3v) is 2.52. The number of carbonyl (C=O) groups is 1. The first-order chi connectivity index (χ1) is 4.84. The van der Waals surface area contributed by atoms with Gasteiger partial charge in [0.2, 0.25) is 0 Å². The molecule has 2 saturated heterocycles. The number of Topliss-reactive ketones (excluding diaryl/α,β-unsaturated/α-hetero) is 1. The average molecular weight is 139 g/mol. The van der Waals surface area contributed by atoms with Crippen molar-refractivity contribution in [1.29, 1.82) is 0 Å². The third-order valence-electron chi connectivity index (χ3n) is 2.52. The predicted molar refractivity (Wildman–Crippen MR) is 38.8 cm³/mol. The number of carbonyl (C=O) groups excluding carboxylic acids is 1. The molecule has 56 valence electrons. The number of rotatable bonds is 0. The summed E-state index contributed by atoms with van der Waals surface area (Å²) in [5.74, 6) is 0.466. The Morgan fingerprint density at radius 3 is 2.40 bits per heavy atom. The molecule has 2 heterocycles. The first-order valence-electron chi connectivity index (χ1n) is 4.12. The van der Waals surface area contributed by atoms with Gasteiger partial charge >= 0.3 is 0 Å². The van der Waals surface area contributed by atoms with E-state index >= 15 is 0 Å². The predicted octanol–water partition coefficient (Wildman–Crippen LogP) is 0.860. The summed E-state index contributed by atoms with van der Waals surface area (Å²) in [5.41, 5.74) is 0. The minimum atomic E-state index is 0.466. The van der Waals surface area contributed by atoms with Crippen LogP contribution in [-0.2, 0) is 4.79 Å². The average Bonchev–Trinajstić information content (AvgIpc) is 1.85. The number of hydrogen-bond acceptors (Lipinski definition) is 2. The molecule has 0 saturated carbocycles. The lowest BCUT2D eigenvalue weighted by Gasteiger charge is -2.34. The van der Waals surface area contributed by atoms with Crippen LogP contribution in [0, 0.1) is 0 Å². The first kappa shape index (κ1) is 6.35. The zero-order valence-corrected chi connectivity index (χ0v) is 6.10. The molecule has 0 aliphatic carbocycles. The van der Waals surface area contributed by atoms with Gasteiger partial charge in [-0.3, -0.25) is 4.79 Å². The molecule has 2 atom stereocenters. The van der Waals surface area contributed by atoms with Crippen molar-refractivity contribution in [2.45, 2.75) is 44.2 Å². The highest BCUT2D eigenvalue weighted by Crippen LogP contribution is 2.22. The van der Waals surface area contributed by atoms with E-state index in [1.165, 1.54) is 19.3 Å². The minimum Gasteiger partial charge on any atom is -0.310 e. The lowest BCUT2D eigenvalue weighted by atomic mass is 9.86. The molecule has 2 aliphatic rings. The zero-order chi connectivity index (χ0) is 6.97. The molecular formula is C8H13NO. The molecule has 2 nitrogen and oxygen atoms in total. The molecule has 2 bridgehead atoms. The Labute approximate surface area is 61.0 Å². The smallest absolute Gasteiger partial charge is 0.136 e. The van der Waals surface area contributed by atoms with Crippen molar-refractivity contribution >= 4 is 5.78 Å². The van der Waals surface area contributed by atoms with Crippen LogP contribution in [0.1, 0.15) is 32.1 Å². The first-order valence-corrected chi connectivity index (χ1v) is 4.12. The molecule has 2 aliphatic heterocycles. The Morgan fingerprint density at radius 2 is 1.80 bits per heavy atom. The van der Waals surface area contributed by atoms with Gasteiger partial charge in [-0.15, -0.1) is 0 Å². The summed E-state index contributed by atoms with van der Waals surface area (Å²) in [6, 6.07) is 1.06. The fraction of sp³-hybridized carbons (Fsp3) is 0.875. The van der Waals surface area contributed by atoms with Crippen molar-refractivity contribution < 1.29 is 4.79 Å². The number of fused-ring (bicyclic) bond motifs is 2. The second kappa shape index (κ2) is 2.35. The molecule has 0 unspecified atom stereocenters. The standard InChI is InChI=1S/C8H13NO/c10-8-4-6-2-1-3-7(5-8)9-6/h6-7,9H,1-5H2/t6-,7-/m1/s1. The molecule has 0 amide bonds. The SMILES string of the molecule is O=C1C[C@H]2CCC[C@H](C1)N2. The van der Waals surface area contributed by atoms with Crippen LogP contribution in [-0.4, -0.2) is 17.9 Å². The third kappa shape index (κ3) is 1.08. The minimum absolute atomic E-state index is 0.466. The Morgan fingerprint density at radius 1 is 1.20 bits per heavy atom. The summed E-state index contributed by atoms with van der Waals surface area (Å²) < 4.78 is 0. The molecule has 10 heavy (non-hydrogen) atoms. The summed E-state index contributed by atoms with van der Waals surface area (Å²) in [6.45, 7) is 0. The van der Waals surface area contributed by atoms with Crippen molar-refractivity contribution in [3.63, 3.8) is 0 Å². The van der Waals surface area contributed by atoms with Crippen molar-refractivity contribution in [3.05, 3.63) is 0 Å². The maximum atomic E-state index is 11.0. The van der Waals surface area contributed by atoms with Crippen LogP contribution in [0.25, 0.3) is 0 Å². The number of nitrogens with one attached hydrogen (secondary N) is 1. The molecule has 0 radical (unpaired) electrons. The van der Waals surface area contributed by atoms with Crippen LogP contribution in [0.5, 0.6) is 0 Å². The maximum Gasteiger partial charge on any atom is 0.136 e. The van der Waals surface area contributed by atoms with E-state index in [9.17, 15) is 4.79 Å². The van der Waals surface area contributed by atoms with Gasteiger partial charge in [0.1, 0.15) is 5.78 Å². The fourth-order valence-corrected chi connectivity index (χ4v) is 2.07. The van der Waals surface area contributed by atoms with Gasteiger partial charge in [0.25, 0.3) is 0 Å². The maximum absolute atomic E-state index is 11.0. The van der Waals surface area contributed by atoms with E-state index in [4.69, 9.17) is 0 Å². The van der Waals surface area contributed by atoms with Crippen molar-refractivity contribution in [2.75, 3.05) is 0 Å². The van der Waals surface area contributed by atoms with Gasteiger partial charge in [-0.1, -0.05) is 6.42 Å². The molecule has 0 aromatic heterocycles. The van der Waals surface area contributed by atoms with E-state index in [-0.39, 0.29) is 0 Å². The molecular weight excluding hydrogens is 126 g/mol. The monoisotopic (exact) mass is 139 g/mol. The summed E-state index contributed by atoms with van der Waals surface area (Å²) in [6.07, 6.45) is 5.31. The second-order valence-electron chi connectivity index (χ2n) is 3.44. The molecule has 0 spiro atoms. The van der Waals surface area contributed by atoms with E-state index in [1.54, 1.807) is 0 Å². The normalized spacial score (nSPS) is 39.8. The zero-order valence-electron chi connectivity index (χ0n) is 6.10. The van der Waals surface area contributed by atoms with Crippen molar-refractivity contribution in [2.24, 2.45) is 0 Å². The quantitative estimate of drug-likeness (QED) is 0.539. The Bertz CT molecular complexity index is 141. The van der Waals surface area contributed by atoms with Crippen LogP contribution >= 0.6 is 0 Å². The Hall–Kier alpha value is -0.370. The van der Waals surface area contributed by atoms with Gasteiger partial charge in [0.15, 0.2) is 0 Å². The number of piperidine rings is 2. The van der Waals surface area contributed by atoms with Gasteiger partial charge in [-0.2, -0.15) is 0 Å². The Balaban J connectivity index is 2.05. The van der Waals surface area contributed by atoms with E-state index in [0.717, 1.165) is 12.8 Å². The van der Waals surface area contributed by atoms with Gasteiger partial charge in [0.05, 0.1) is 0 Å². The van der Waals surface area contributed by atoms with E-state index in [2.05, 4.69) is 5.32 Å².